The smallest absolute Gasteiger partial charge is 0.340 e. The quantitative estimate of drug-likeness (QED) is 0.523. The molecule has 0 aromatic heterocycles. The molecule has 0 saturated carbocycles. The highest BCUT2D eigenvalue weighted by atomic mass is 127. The SMILES string of the molecule is CC(C)CCOC(=O)c1cc(I)ccc1N. The van der Waals surface area contributed by atoms with E-state index in [0.29, 0.717) is 23.8 Å². The van der Waals surface area contributed by atoms with E-state index in [4.69, 9.17) is 10.5 Å². The summed E-state index contributed by atoms with van der Waals surface area (Å²) in [6, 6.07) is 5.33. The van der Waals surface area contributed by atoms with Crippen LogP contribution in [0.15, 0.2) is 18.2 Å². The predicted molar refractivity (Wildman–Crippen MR) is 73.3 cm³/mol. The largest absolute Gasteiger partial charge is 0.462 e. The third-order valence-corrected chi connectivity index (χ3v) is 2.83. The minimum absolute atomic E-state index is 0.336. The number of nitrogen functional groups attached to an aromatic ring is 1. The van der Waals surface area contributed by atoms with E-state index >= 15 is 0 Å². The maximum atomic E-state index is 11.7. The van der Waals surface area contributed by atoms with Gasteiger partial charge in [0.1, 0.15) is 0 Å². The van der Waals surface area contributed by atoms with Gasteiger partial charge in [0, 0.05) is 9.26 Å². The van der Waals surface area contributed by atoms with Crippen LogP contribution in [0.3, 0.4) is 0 Å². The van der Waals surface area contributed by atoms with Crippen LogP contribution in [-0.4, -0.2) is 12.6 Å². The second-order valence-corrected chi connectivity index (χ2v) is 5.30. The van der Waals surface area contributed by atoms with Crippen LogP contribution >= 0.6 is 22.6 Å². The zero-order valence-corrected chi connectivity index (χ0v) is 11.7. The maximum absolute atomic E-state index is 11.7. The van der Waals surface area contributed by atoms with Crippen molar-refractivity contribution < 1.29 is 9.53 Å². The molecule has 0 aliphatic rings. The van der Waals surface area contributed by atoms with Gasteiger partial charge in [-0.25, -0.2) is 4.79 Å². The van der Waals surface area contributed by atoms with Crippen LogP contribution in [-0.2, 0) is 4.74 Å². The summed E-state index contributed by atoms with van der Waals surface area (Å²) in [6.07, 6.45) is 0.871. The first-order chi connectivity index (χ1) is 7.50. The van der Waals surface area contributed by atoms with Crippen molar-refractivity contribution in [2.24, 2.45) is 5.92 Å². The average Bonchev–Trinajstić information content (AvgIpc) is 2.21. The van der Waals surface area contributed by atoms with Crippen molar-refractivity contribution in [3.8, 4) is 0 Å². The van der Waals surface area contributed by atoms with Crippen molar-refractivity contribution in [3.63, 3.8) is 0 Å². The van der Waals surface area contributed by atoms with Gasteiger partial charge in [0.05, 0.1) is 12.2 Å². The number of rotatable bonds is 4. The fourth-order valence-corrected chi connectivity index (χ4v) is 1.66. The Morgan fingerprint density at radius 2 is 2.19 bits per heavy atom. The van der Waals surface area contributed by atoms with Crippen molar-refractivity contribution in [1.82, 2.24) is 0 Å². The molecule has 0 saturated heterocycles. The summed E-state index contributed by atoms with van der Waals surface area (Å²) >= 11 is 2.14. The molecule has 4 heteroatoms. The first-order valence-electron chi connectivity index (χ1n) is 5.23. The van der Waals surface area contributed by atoms with Crippen molar-refractivity contribution in [2.45, 2.75) is 20.3 Å². The van der Waals surface area contributed by atoms with Gasteiger partial charge in [-0.15, -0.1) is 0 Å². The normalized spacial score (nSPS) is 10.5. The van der Waals surface area contributed by atoms with E-state index in [1.54, 1.807) is 12.1 Å². The molecule has 0 radical (unpaired) electrons. The molecule has 0 heterocycles. The van der Waals surface area contributed by atoms with Gasteiger partial charge in [-0.3, -0.25) is 0 Å². The Bertz CT molecular complexity index is 377. The number of nitrogens with two attached hydrogens (primary N) is 1. The lowest BCUT2D eigenvalue weighted by atomic mass is 10.1. The van der Waals surface area contributed by atoms with Gasteiger partial charge in [0.2, 0.25) is 0 Å². The van der Waals surface area contributed by atoms with Crippen molar-refractivity contribution >= 4 is 34.2 Å². The molecule has 0 atom stereocenters. The fourth-order valence-electron chi connectivity index (χ4n) is 1.17. The maximum Gasteiger partial charge on any atom is 0.340 e. The molecular weight excluding hydrogens is 317 g/mol. The molecule has 16 heavy (non-hydrogen) atoms. The Hall–Kier alpha value is -0.780. The Morgan fingerprint density at radius 3 is 2.81 bits per heavy atom. The lowest BCUT2D eigenvalue weighted by molar-refractivity contribution is 0.0489. The van der Waals surface area contributed by atoms with Gasteiger partial charge < -0.3 is 10.5 Å². The molecule has 0 amide bonds. The second-order valence-electron chi connectivity index (χ2n) is 4.05. The van der Waals surface area contributed by atoms with Gasteiger partial charge in [-0.2, -0.15) is 0 Å². The summed E-state index contributed by atoms with van der Waals surface area (Å²) in [5.74, 6) is 0.192. The van der Waals surface area contributed by atoms with Crippen LogP contribution in [0.1, 0.15) is 30.6 Å². The number of hydrogen-bond donors (Lipinski definition) is 1. The van der Waals surface area contributed by atoms with E-state index < -0.39 is 0 Å². The molecule has 1 aromatic carbocycles. The van der Waals surface area contributed by atoms with E-state index in [2.05, 4.69) is 36.4 Å². The lowest BCUT2D eigenvalue weighted by Gasteiger charge is -2.08. The number of carbonyl (C=O) groups excluding carboxylic acids is 1. The number of esters is 1. The molecule has 0 aliphatic carbocycles. The first-order valence-corrected chi connectivity index (χ1v) is 6.30. The van der Waals surface area contributed by atoms with Gasteiger partial charge >= 0.3 is 5.97 Å². The minimum Gasteiger partial charge on any atom is -0.462 e. The van der Waals surface area contributed by atoms with E-state index in [1.807, 2.05) is 6.07 Å². The zero-order chi connectivity index (χ0) is 12.1. The van der Waals surface area contributed by atoms with Crippen molar-refractivity contribution in [2.75, 3.05) is 12.3 Å². The molecule has 0 aliphatic heterocycles. The van der Waals surface area contributed by atoms with Crippen LogP contribution in [0.4, 0.5) is 5.69 Å². The summed E-state index contributed by atoms with van der Waals surface area (Å²) in [7, 11) is 0. The second kappa shape index (κ2) is 6.08. The Labute approximate surface area is 109 Å². The molecule has 1 aromatic rings. The van der Waals surface area contributed by atoms with Crippen LogP contribution in [0.25, 0.3) is 0 Å². The van der Waals surface area contributed by atoms with Crippen LogP contribution in [0.2, 0.25) is 0 Å². The molecule has 3 nitrogen and oxygen atoms in total. The molecule has 0 bridgehead atoms. The fraction of sp³-hybridized carbons (Fsp3) is 0.417. The van der Waals surface area contributed by atoms with E-state index in [1.165, 1.54) is 0 Å². The molecular formula is C12H16INO2. The van der Waals surface area contributed by atoms with E-state index in [9.17, 15) is 4.79 Å². The van der Waals surface area contributed by atoms with E-state index in [0.717, 1.165) is 9.99 Å². The summed E-state index contributed by atoms with van der Waals surface area (Å²) < 4.78 is 6.13. The molecule has 0 fully saturated rings. The minimum atomic E-state index is -0.336. The number of hydrogen-bond acceptors (Lipinski definition) is 3. The first kappa shape index (κ1) is 13.3. The monoisotopic (exact) mass is 333 g/mol. The Kier molecular flexibility index (Phi) is 5.05. The summed E-state index contributed by atoms with van der Waals surface area (Å²) in [5, 5.41) is 0. The summed E-state index contributed by atoms with van der Waals surface area (Å²) in [4.78, 5) is 11.7. The van der Waals surface area contributed by atoms with E-state index in [-0.39, 0.29) is 5.97 Å². The highest BCUT2D eigenvalue weighted by Gasteiger charge is 2.11. The molecule has 2 N–H and O–H groups in total. The van der Waals surface area contributed by atoms with Crippen LogP contribution in [0, 0.1) is 9.49 Å². The zero-order valence-electron chi connectivity index (χ0n) is 9.50. The Morgan fingerprint density at radius 1 is 1.50 bits per heavy atom. The highest BCUT2D eigenvalue weighted by Crippen LogP contribution is 2.17. The third kappa shape index (κ3) is 4.00. The Balaban J connectivity index is 2.62. The number of ether oxygens (including phenoxy) is 1. The van der Waals surface area contributed by atoms with Crippen molar-refractivity contribution in [1.29, 1.82) is 0 Å². The number of carbonyl (C=O) groups is 1. The number of benzene rings is 1. The molecule has 0 spiro atoms. The topological polar surface area (TPSA) is 52.3 Å². The highest BCUT2D eigenvalue weighted by molar-refractivity contribution is 14.1. The number of anilines is 1. The average molecular weight is 333 g/mol. The van der Waals surface area contributed by atoms with Crippen molar-refractivity contribution in [3.05, 3.63) is 27.3 Å². The van der Waals surface area contributed by atoms with Crippen LogP contribution < -0.4 is 5.73 Å². The molecule has 1 rings (SSSR count). The molecule has 0 unspecified atom stereocenters. The van der Waals surface area contributed by atoms with Gasteiger partial charge in [0.25, 0.3) is 0 Å². The molecule has 88 valence electrons. The summed E-state index contributed by atoms with van der Waals surface area (Å²) in [6.45, 7) is 4.63. The predicted octanol–water partition coefficient (Wildman–Crippen LogP) is 3.08. The standard InChI is InChI=1S/C12H16INO2/c1-8(2)5-6-16-12(15)10-7-9(13)3-4-11(10)14/h3-4,7-8H,5-6,14H2,1-2H3. The van der Waals surface area contributed by atoms with Gasteiger partial charge in [-0.05, 0) is 53.1 Å². The summed E-state index contributed by atoms with van der Waals surface area (Å²) in [5.41, 5.74) is 6.64. The lowest BCUT2D eigenvalue weighted by Crippen LogP contribution is -2.10. The van der Waals surface area contributed by atoms with Gasteiger partial charge in [0.15, 0.2) is 0 Å². The van der Waals surface area contributed by atoms with Gasteiger partial charge in [-0.1, -0.05) is 13.8 Å². The van der Waals surface area contributed by atoms with Crippen LogP contribution in [0.5, 0.6) is 0 Å². The number of halogens is 1. The third-order valence-electron chi connectivity index (χ3n) is 2.16.